The van der Waals surface area contributed by atoms with Crippen LogP contribution in [0.5, 0.6) is 0 Å². The summed E-state index contributed by atoms with van der Waals surface area (Å²) >= 11 is 0. The smallest absolute Gasteiger partial charge is 0.317 e. The van der Waals surface area contributed by atoms with E-state index in [4.69, 9.17) is 14.0 Å². The van der Waals surface area contributed by atoms with E-state index in [1.54, 1.807) is 7.11 Å². The molecule has 1 saturated heterocycles. The van der Waals surface area contributed by atoms with Crippen molar-refractivity contribution in [3.63, 3.8) is 0 Å². The molecule has 1 aliphatic heterocycles. The van der Waals surface area contributed by atoms with Crippen LogP contribution in [0.1, 0.15) is 31.5 Å². The third-order valence-corrected chi connectivity index (χ3v) is 3.45. The Morgan fingerprint density at radius 2 is 2.41 bits per heavy atom. The summed E-state index contributed by atoms with van der Waals surface area (Å²) in [6, 6.07) is -0.0156. The molecule has 0 saturated carbocycles. The first-order valence-corrected chi connectivity index (χ1v) is 7.67. The largest absolute Gasteiger partial charge is 0.376 e. The van der Waals surface area contributed by atoms with Gasteiger partial charge in [0.1, 0.15) is 6.61 Å². The summed E-state index contributed by atoms with van der Waals surface area (Å²) in [5, 5.41) is 6.68. The molecule has 2 heterocycles. The average molecular weight is 312 g/mol. The number of urea groups is 1. The van der Waals surface area contributed by atoms with Crippen molar-refractivity contribution in [1.82, 2.24) is 20.4 Å². The number of amides is 2. The second-order valence-corrected chi connectivity index (χ2v) is 5.20. The lowest BCUT2D eigenvalue weighted by molar-refractivity contribution is 0.0106. The molecule has 124 valence electrons. The minimum absolute atomic E-state index is 0.0156. The van der Waals surface area contributed by atoms with Gasteiger partial charge < -0.3 is 24.2 Å². The molecule has 1 N–H and O–H groups in total. The van der Waals surface area contributed by atoms with Crippen LogP contribution in [0, 0.1) is 0 Å². The van der Waals surface area contributed by atoms with Gasteiger partial charge in [-0.3, -0.25) is 0 Å². The minimum Gasteiger partial charge on any atom is -0.376 e. The summed E-state index contributed by atoms with van der Waals surface area (Å²) in [5.74, 6) is 1.08. The Kier molecular flexibility index (Phi) is 6.60. The van der Waals surface area contributed by atoms with E-state index < -0.39 is 0 Å². The first-order valence-electron chi connectivity index (χ1n) is 7.67. The van der Waals surface area contributed by atoms with Crippen molar-refractivity contribution in [1.29, 1.82) is 0 Å². The summed E-state index contributed by atoms with van der Waals surface area (Å²) in [6.45, 7) is 4.81. The number of carbonyl (C=O) groups is 1. The van der Waals surface area contributed by atoms with E-state index in [1.807, 2.05) is 11.8 Å². The maximum atomic E-state index is 11.8. The molecular weight excluding hydrogens is 288 g/mol. The van der Waals surface area contributed by atoms with Crippen LogP contribution < -0.4 is 5.32 Å². The highest BCUT2D eigenvalue weighted by Gasteiger charge is 2.23. The predicted octanol–water partition coefficient (Wildman–Crippen LogP) is 0.969. The van der Waals surface area contributed by atoms with Crippen molar-refractivity contribution >= 4 is 6.03 Å². The van der Waals surface area contributed by atoms with Gasteiger partial charge in [-0.15, -0.1) is 0 Å². The second kappa shape index (κ2) is 8.70. The molecule has 1 aliphatic rings. The number of nitrogens with zero attached hydrogens (tertiary/aromatic N) is 3. The number of nitrogens with one attached hydrogen (secondary N) is 1. The van der Waals surface area contributed by atoms with Crippen molar-refractivity contribution in [2.24, 2.45) is 0 Å². The normalized spacial score (nSPS) is 18.5. The van der Waals surface area contributed by atoms with Crippen molar-refractivity contribution < 1.29 is 18.8 Å². The molecule has 0 bridgehead atoms. The summed E-state index contributed by atoms with van der Waals surface area (Å²) in [5.41, 5.74) is 0. The Labute approximate surface area is 130 Å². The Morgan fingerprint density at radius 3 is 3.18 bits per heavy atom. The SMILES string of the molecule is CCNC(=O)N1CCCC(OCCc2noc(COC)n2)C1. The Balaban J connectivity index is 1.70. The van der Waals surface area contributed by atoms with E-state index in [9.17, 15) is 4.79 Å². The van der Waals surface area contributed by atoms with Gasteiger partial charge in [-0.25, -0.2) is 4.79 Å². The molecule has 2 amide bonds. The molecule has 1 atom stereocenters. The van der Waals surface area contributed by atoms with E-state index >= 15 is 0 Å². The highest BCUT2D eigenvalue weighted by Crippen LogP contribution is 2.13. The van der Waals surface area contributed by atoms with Gasteiger partial charge in [0.25, 0.3) is 5.89 Å². The molecule has 0 spiro atoms. The quantitative estimate of drug-likeness (QED) is 0.807. The van der Waals surface area contributed by atoms with Crippen LogP contribution in [-0.4, -0.2) is 60.5 Å². The van der Waals surface area contributed by atoms with Crippen LogP contribution in [0.3, 0.4) is 0 Å². The van der Waals surface area contributed by atoms with Gasteiger partial charge in [0, 0.05) is 33.2 Å². The van der Waals surface area contributed by atoms with Gasteiger partial charge in [0.15, 0.2) is 5.82 Å². The zero-order valence-electron chi connectivity index (χ0n) is 13.2. The Bertz CT molecular complexity index is 465. The van der Waals surface area contributed by atoms with Gasteiger partial charge in [-0.2, -0.15) is 4.98 Å². The molecule has 0 radical (unpaired) electrons. The number of ether oxygens (including phenoxy) is 2. The number of piperidine rings is 1. The van der Waals surface area contributed by atoms with E-state index in [0.29, 0.717) is 44.4 Å². The lowest BCUT2D eigenvalue weighted by Crippen LogP contribution is -2.47. The maximum absolute atomic E-state index is 11.8. The molecule has 22 heavy (non-hydrogen) atoms. The van der Waals surface area contributed by atoms with Gasteiger partial charge in [-0.05, 0) is 19.8 Å². The van der Waals surface area contributed by atoms with Crippen molar-refractivity contribution in [3.8, 4) is 0 Å². The number of hydrogen-bond acceptors (Lipinski definition) is 6. The van der Waals surface area contributed by atoms with Gasteiger partial charge in [0.05, 0.1) is 12.7 Å². The topological polar surface area (TPSA) is 89.7 Å². The summed E-state index contributed by atoms with van der Waals surface area (Å²) in [6.07, 6.45) is 2.59. The molecule has 1 unspecified atom stereocenters. The van der Waals surface area contributed by atoms with Crippen molar-refractivity contribution in [2.45, 2.75) is 38.9 Å². The Morgan fingerprint density at radius 1 is 1.55 bits per heavy atom. The zero-order valence-corrected chi connectivity index (χ0v) is 13.2. The number of hydrogen-bond donors (Lipinski definition) is 1. The molecule has 0 aliphatic carbocycles. The number of likely N-dealkylation sites (tertiary alicyclic amines) is 1. The average Bonchev–Trinajstić information content (AvgIpc) is 2.96. The van der Waals surface area contributed by atoms with Gasteiger partial charge in [-0.1, -0.05) is 5.16 Å². The molecule has 0 aromatic carbocycles. The van der Waals surface area contributed by atoms with Crippen LogP contribution in [0.2, 0.25) is 0 Å². The minimum atomic E-state index is -0.0156. The molecule has 1 fully saturated rings. The first kappa shape index (κ1) is 16.7. The number of carbonyl (C=O) groups excluding carboxylic acids is 1. The highest BCUT2D eigenvalue weighted by atomic mass is 16.5. The molecular formula is C14H24N4O4. The Hall–Kier alpha value is -1.67. The summed E-state index contributed by atoms with van der Waals surface area (Å²) in [4.78, 5) is 17.8. The second-order valence-electron chi connectivity index (χ2n) is 5.20. The van der Waals surface area contributed by atoms with E-state index in [2.05, 4.69) is 15.5 Å². The first-order chi connectivity index (χ1) is 10.7. The third kappa shape index (κ3) is 4.96. The molecule has 1 aromatic heterocycles. The predicted molar refractivity (Wildman–Crippen MR) is 78.3 cm³/mol. The molecule has 1 aromatic rings. The van der Waals surface area contributed by atoms with Crippen LogP contribution in [0.15, 0.2) is 4.52 Å². The number of methoxy groups -OCH3 is 1. The standard InChI is InChI=1S/C14H24N4O4/c1-3-15-14(19)18-7-4-5-11(9-18)21-8-6-12-16-13(10-20-2)22-17-12/h11H,3-10H2,1-2H3,(H,15,19). The van der Waals surface area contributed by atoms with Crippen molar-refractivity contribution in [3.05, 3.63) is 11.7 Å². The number of aromatic nitrogens is 2. The fourth-order valence-corrected chi connectivity index (χ4v) is 2.41. The third-order valence-electron chi connectivity index (χ3n) is 3.45. The van der Waals surface area contributed by atoms with E-state index in [1.165, 1.54) is 0 Å². The maximum Gasteiger partial charge on any atom is 0.317 e. The zero-order chi connectivity index (χ0) is 15.8. The van der Waals surface area contributed by atoms with E-state index in [0.717, 1.165) is 19.4 Å². The fourth-order valence-electron chi connectivity index (χ4n) is 2.41. The van der Waals surface area contributed by atoms with Gasteiger partial charge >= 0.3 is 6.03 Å². The lowest BCUT2D eigenvalue weighted by Gasteiger charge is -2.32. The molecule has 8 nitrogen and oxygen atoms in total. The van der Waals surface area contributed by atoms with Gasteiger partial charge in [0.2, 0.25) is 0 Å². The highest BCUT2D eigenvalue weighted by molar-refractivity contribution is 5.74. The van der Waals surface area contributed by atoms with Crippen molar-refractivity contribution in [2.75, 3.05) is 33.4 Å². The molecule has 2 rings (SSSR count). The lowest BCUT2D eigenvalue weighted by atomic mass is 10.1. The number of rotatable bonds is 7. The van der Waals surface area contributed by atoms with Crippen LogP contribution in [-0.2, 0) is 22.5 Å². The van der Waals surface area contributed by atoms with Crippen LogP contribution in [0.4, 0.5) is 4.79 Å². The summed E-state index contributed by atoms with van der Waals surface area (Å²) < 4.78 is 15.8. The fraction of sp³-hybridized carbons (Fsp3) is 0.786. The molecule has 8 heteroatoms. The monoisotopic (exact) mass is 312 g/mol. The van der Waals surface area contributed by atoms with E-state index in [-0.39, 0.29) is 12.1 Å². The van der Waals surface area contributed by atoms with Crippen LogP contribution >= 0.6 is 0 Å². The summed E-state index contributed by atoms with van der Waals surface area (Å²) in [7, 11) is 1.58. The van der Waals surface area contributed by atoms with Crippen LogP contribution in [0.25, 0.3) is 0 Å².